The van der Waals surface area contributed by atoms with Crippen molar-refractivity contribution in [2.75, 3.05) is 18.9 Å². The molecule has 0 aliphatic carbocycles. The summed E-state index contributed by atoms with van der Waals surface area (Å²) in [4.78, 5) is 2.57. The van der Waals surface area contributed by atoms with E-state index >= 15 is 0 Å². The number of piperidine rings is 1. The minimum Gasteiger partial charge on any atom is -0.363 e. The Kier molecular flexibility index (Phi) is 3.52. The van der Waals surface area contributed by atoms with E-state index in [1.165, 1.54) is 38.0 Å². The zero-order chi connectivity index (χ0) is 9.10. The molecular formula is C10H19NOS. The van der Waals surface area contributed by atoms with Gasteiger partial charge in [0.15, 0.2) is 0 Å². The van der Waals surface area contributed by atoms with Gasteiger partial charge in [0.1, 0.15) is 6.23 Å². The molecule has 2 aliphatic heterocycles. The number of ether oxygens (including phenoxy) is 1. The summed E-state index contributed by atoms with van der Waals surface area (Å²) in [5.41, 5.74) is 0. The lowest BCUT2D eigenvalue weighted by atomic mass is 10.1. The summed E-state index contributed by atoms with van der Waals surface area (Å²) in [5.74, 6) is 1.23. The lowest BCUT2D eigenvalue weighted by Gasteiger charge is -2.44. The maximum Gasteiger partial charge on any atom is 0.111 e. The highest BCUT2D eigenvalue weighted by Crippen LogP contribution is 2.32. The number of fused-ring (bicyclic) bond motifs is 1. The Morgan fingerprint density at radius 3 is 3.15 bits per heavy atom. The van der Waals surface area contributed by atoms with Gasteiger partial charge in [0.25, 0.3) is 0 Å². The molecule has 0 amide bonds. The fourth-order valence-corrected chi connectivity index (χ4v) is 3.44. The van der Waals surface area contributed by atoms with Crippen LogP contribution in [-0.4, -0.2) is 35.4 Å². The van der Waals surface area contributed by atoms with Gasteiger partial charge in [-0.05, 0) is 31.4 Å². The molecule has 2 saturated heterocycles. The Morgan fingerprint density at radius 2 is 2.31 bits per heavy atom. The Balaban J connectivity index is 1.94. The van der Waals surface area contributed by atoms with E-state index in [0.717, 1.165) is 12.0 Å². The van der Waals surface area contributed by atoms with Gasteiger partial charge >= 0.3 is 0 Å². The Hall–Kier alpha value is 0.270. The SMILES string of the molecule is CCSC1CCCC2OCCCN21. The molecule has 2 heterocycles. The first-order valence-electron chi connectivity index (χ1n) is 5.40. The van der Waals surface area contributed by atoms with Gasteiger partial charge in [-0.15, -0.1) is 11.8 Å². The summed E-state index contributed by atoms with van der Waals surface area (Å²) in [6.45, 7) is 4.48. The molecule has 0 aromatic heterocycles. The maximum atomic E-state index is 5.77. The van der Waals surface area contributed by atoms with E-state index in [4.69, 9.17) is 4.74 Å². The van der Waals surface area contributed by atoms with E-state index in [1.807, 2.05) is 0 Å². The van der Waals surface area contributed by atoms with Crippen LogP contribution in [0.5, 0.6) is 0 Å². The first-order chi connectivity index (χ1) is 6.42. The second-order valence-electron chi connectivity index (χ2n) is 3.76. The van der Waals surface area contributed by atoms with E-state index in [-0.39, 0.29) is 0 Å². The van der Waals surface area contributed by atoms with Crippen LogP contribution in [-0.2, 0) is 4.74 Å². The highest BCUT2D eigenvalue weighted by Gasteiger charge is 2.32. The van der Waals surface area contributed by atoms with Gasteiger partial charge in [-0.2, -0.15) is 0 Å². The quantitative estimate of drug-likeness (QED) is 0.680. The first-order valence-corrected chi connectivity index (χ1v) is 6.45. The molecule has 2 aliphatic rings. The van der Waals surface area contributed by atoms with Crippen LogP contribution < -0.4 is 0 Å². The van der Waals surface area contributed by atoms with Gasteiger partial charge in [-0.3, -0.25) is 4.90 Å². The Morgan fingerprint density at radius 1 is 1.38 bits per heavy atom. The van der Waals surface area contributed by atoms with E-state index < -0.39 is 0 Å². The van der Waals surface area contributed by atoms with Crippen molar-refractivity contribution in [3.8, 4) is 0 Å². The molecule has 3 heteroatoms. The largest absolute Gasteiger partial charge is 0.363 e. The predicted octanol–water partition coefficient (Wildman–Crippen LogP) is 2.30. The zero-order valence-corrected chi connectivity index (χ0v) is 9.18. The summed E-state index contributed by atoms with van der Waals surface area (Å²) in [6, 6.07) is 0. The maximum absolute atomic E-state index is 5.77. The van der Waals surface area contributed by atoms with Gasteiger partial charge in [-0.1, -0.05) is 6.92 Å². The molecule has 0 spiro atoms. The number of hydrogen-bond acceptors (Lipinski definition) is 3. The van der Waals surface area contributed by atoms with Crippen molar-refractivity contribution in [1.82, 2.24) is 4.90 Å². The molecule has 2 rings (SSSR count). The highest BCUT2D eigenvalue weighted by atomic mass is 32.2. The van der Waals surface area contributed by atoms with Crippen LogP contribution in [0.25, 0.3) is 0 Å². The number of nitrogens with zero attached hydrogens (tertiary/aromatic N) is 1. The first kappa shape index (κ1) is 9.81. The van der Waals surface area contributed by atoms with Gasteiger partial charge < -0.3 is 4.74 Å². The standard InChI is InChI=1S/C10H19NOS/c1-2-13-10-6-3-5-9-11(10)7-4-8-12-9/h9-10H,2-8H2,1H3. The lowest BCUT2D eigenvalue weighted by molar-refractivity contribution is -0.119. The molecule has 0 saturated carbocycles. The van der Waals surface area contributed by atoms with Crippen molar-refractivity contribution in [1.29, 1.82) is 0 Å². The molecule has 76 valence electrons. The van der Waals surface area contributed by atoms with Crippen molar-refractivity contribution in [3.05, 3.63) is 0 Å². The molecule has 0 N–H and O–H groups in total. The summed E-state index contributed by atoms with van der Waals surface area (Å²) in [5, 5.41) is 0.740. The number of rotatable bonds is 2. The molecule has 2 fully saturated rings. The molecule has 2 nitrogen and oxygen atoms in total. The number of thioether (sulfide) groups is 1. The minimum absolute atomic E-state index is 0.451. The van der Waals surface area contributed by atoms with Gasteiger partial charge in [0.2, 0.25) is 0 Å². The van der Waals surface area contributed by atoms with Crippen molar-refractivity contribution >= 4 is 11.8 Å². The van der Waals surface area contributed by atoms with Crippen molar-refractivity contribution in [2.24, 2.45) is 0 Å². The second kappa shape index (κ2) is 4.67. The van der Waals surface area contributed by atoms with Gasteiger partial charge in [-0.25, -0.2) is 0 Å². The lowest BCUT2D eigenvalue weighted by Crippen LogP contribution is -2.50. The van der Waals surface area contributed by atoms with Crippen molar-refractivity contribution < 1.29 is 4.74 Å². The van der Waals surface area contributed by atoms with Crippen LogP contribution >= 0.6 is 11.8 Å². The van der Waals surface area contributed by atoms with Crippen molar-refractivity contribution in [2.45, 2.75) is 44.2 Å². The Labute approximate surface area is 85.0 Å². The third-order valence-electron chi connectivity index (χ3n) is 2.87. The van der Waals surface area contributed by atoms with E-state index in [1.54, 1.807) is 0 Å². The van der Waals surface area contributed by atoms with Crippen LogP contribution in [0.1, 0.15) is 32.6 Å². The summed E-state index contributed by atoms with van der Waals surface area (Å²) in [6.07, 6.45) is 5.63. The van der Waals surface area contributed by atoms with Crippen LogP contribution in [0.15, 0.2) is 0 Å². The average molecular weight is 201 g/mol. The molecule has 13 heavy (non-hydrogen) atoms. The van der Waals surface area contributed by atoms with Crippen molar-refractivity contribution in [3.63, 3.8) is 0 Å². The highest BCUT2D eigenvalue weighted by molar-refractivity contribution is 7.99. The zero-order valence-electron chi connectivity index (χ0n) is 8.37. The van der Waals surface area contributed by atoms with Crippen LogP contribution in [0.3, 0.4) is 0 Å². The normalized spacial score (nSPS) is 35.8. The van der Waals surface area contributed by atoms with Gasteiger partial charge in [0, 0.05) is 13.2 Å². The Bertz CT molecular complexity index is 161. The molecule has 0 aromatic rings. The fraction of sp³-hybridized carbons (Fsp3) is 1.00. The summed E-state index contributed by atoms with van der Waals surface area (Å²) >= 11 is 2.08. The van der Waals surface area contributed by atoms with Crippen LogP contribution in [0.4, 0.5) is 0 Å². The molecule has 0 bridgehead atoms. The topological polar surface area (TPSA) is 12.5 Å². The summed E-state index contributed by atoms with van der Waals surface area (Å²) in [7, 11) is 0. The second-order valence-corrected chi connectivity index (χ2v) is 5.21. The molecular weight excluding hydrogens is 182 g/mol. The molecule has 0 radical (unpaired) electrons. The monoisotopic (exact) mass is 201 g/mol. The average Bonchev–Trinajstić information content (AvgIpc) is 2.19. The van der Waals surface area contributed by atoms with E-state index in [0.29, 0.717) is 6.23 Å². The smallest absolute Gasteiger partial charge is 0.111 e. The van der Waals surface area contributed by atoms with Crippen LogP contribution in [0, 0.1) is 0 Å². The van der Waals surface area contributed by atoms with Gasteiger partial charge in [0.05, 0.1) is 5.37 Å². The van der Waals surface area contributed by atoms with Crippen LogP contribution in [0.2, 0.25) is 0 Å². The predicted molar refractivity (Wildman–Crippen MR) is 56.8 cm³/mol. The fourth-order valence-electron chi connectivity index (χ4n) is 2.29. The minimum atomic E-state index is 0.451. The van der Waals surface area contributed by atoms with E-state index in [9.17, 15) is 0 Å². The number of hydrogen-bond donors (Lipinski definition) is 0. The molecule has 2 unspecified atom stereocenters. The third kappa shape index (κ3) is 2.20. The third-order valence-corrected chi connectivity index (χ3v) is 4.10. The summed E-state index contributed by atoms with van der Waals surface area (Å²) < 4.78 is 5.77. The van der Waals surface area contributed by atoms with E-state index in [2.05, 4.69) is 23.6 Å². The molecule has 2 atom stereocenters. The molecule has 0 aromatic carbocycles.